The van der Waals surface area contributed by atoms with Gasteiger partial charge in [-0.25, -0.2) is 5.84 Å². The summed E-state index contributed by atoms with van der Waals surface area (Å²) in [7, 11) is 0. The van der Waals surface area contributed by atoms with Crippen molar-refractivity contribution in [2.45, 2.75) is 26.7 Å². The normalized spacial score (nSPS) is 10.2. The van der Waals surface area contributed by atoms with Gasteiger partial charge in [-0.3, -0.25) is 0 Å². The van der Waals surface area contributed by atoms with Crippen molar-refractivity contribution in [3.8, 4) is 0 Å². The lowest BCUT2D eigenvalue weighted by molar-refractivity contribution is 0.867. The van der Waals surface area contributed by atoms with E-state index in [4.69, 9.17) is 18.1 Å². The van der Waals surface area contributed by atoms with Crippen molar-refractivity contribution in [3.05, 3.63) is 29.3 Å². The lowest BCUT2D eigenvalue weighted by atomic mass is 9.98. The zero-order valence-electron chi connectivity index (χ0n) is 9.29. The Balaban J connectivity index is 3.07. The van der Waals surface area contributed by atoms with E-state index in [2.05, 4.69) is 36.7 Å². The highest BCUT2D eigenvalue weighted by molar-refractivity contribution is 7.80. The highest BCUT2D eigenvalue weighted by Crippen LogP contribution is 2.27. The van der Waals surface area contributed by atoms with Gasteiger partial charge >= 0.3 is 0 Å². The summed E-state index contributed by atoms with van der Waals surface area (Å²) in [6.45, 7) is 6.35. The largest absolute Gasteiger partial charge is 0.331 e. The van der Waals surface area contributed by atoms with Crippen LogP contribution in [0.5, 0.6) is 0 Å². The number of hydrogen-bond acceptors (Lipinski definition) is 2. The van der Waals surface area contributed by atoms with E-state index in [0.717, 1.165) is 5.69 Å². The first kappa shape index (κ1) is 11.9. The summed E-state index contributed by atoms with van der Waals surface area (Å²) >= 11 is 5.00. The first-order valence-corrected chi connectivity index (χ1v) is 5.34. The number of benzene rings is 1. The van der Waals surface area contributed by atoms with Crippen molar-refractivity contribution in [1.82, 2.24) is 5.43 Å². The molecule has 1 aromatic rings. The lowest BCUT2D eigenvalue weighted by Crippen LogP contribution is -2.34. The summed E-state index contributed by atoms with van der Waals surface area (Å²) < 4.78 is 0. The second-order valence-corrected chi connectivity index (χ2v) is 4.20. The summed E-state index contributed by atoms with van der Waals surface area (Å²) in [6, 6.07) is 6.20. The standard InChI is InChI=1S/C11H17N3S/c1-7(2)9-6-4-5-8(3)10(9)13-11(15)14-12/h4-7H,12H2,1-3H3,(H2,13,14,15). The van der Waals surface area contributed by atoms with E-state index in [1.165, 1.54) is 11.1 Å². The van der Waals surface area contributed by atoms with Gasteiger partial charge < -0.3 is 10.7 Å². The molecule has 15 heavy (non-hydrogen) atoms. The van der Waals surface area contributed by atoms with Crippen LogP contribution in [-0.2, 0) is 0 Å². The Hall–Kier alpha value is -1.13. The minimum atomic E-state index is 0.436. The molecule has 0 radical (unpaired) electrons. The Bertz CT molecular complexity index is 361. The van der Waals surface area contributed by atoms with Gasteiger partial charge in [-0.1, -0.05) is 32.0 Å². The van der Waals surface area contributed by atoms with Gasteiger partial charge in [-0.15, -0.1) is 0 Å². The van der Waals surface area contributed by atoms with Crippen LogP contribution in [0.1, 0.15) is 30.9 Å². The molecule has 0 spiro atoms. The Morgan fingerprint density at radius 3 is 2.60 bits per heavy atom. The number of aryl methyl sites for hydroxylation is 1. The predicted molar refractivity (Wildman–Crippen MR) is 68.8 cm³/mol. The fourth-order valence-corrected chi connectivity index (χ4v) is 1.59. The summed E-state index contributed by atoms with van der Waals surface area (Å²) in [6.07, 6.45) is 0. The summed E-state index contributed by atoms with van der Waals surface area (Å²) in [5.41, 5.74) is 5.89. The lowest BCUT2D eigenvalue weighted by Gasteiger charge is -2.17. The number of nitrogens with two attached hydrogens (primary N) is 1. The van der Waals surface area contributed by atoms with Gasteiger partial charge in [0.2, 0.25) is 0 Å². The summed E-state index contributed by atoms with van der Waals surface area (Å²) in [5.74, 6) is 5.69. The SMILES string of the molecule is Cc1cccc(C(C)C)c1NC(=S)NN. The van der Waals surface area contributed by atoms with Crippen molar-refractivity contribution < 1.29 is 0 Å². The van der Waals surface area contributed by atoms with E-state index in [9.17, 15) is 0 Å². The zero-order chi connectivity index (χ0) is 11.4. The van der Waals surface area contributed by atoms with Gasteiger partial charge in [0.25, 0.3) is 0 Å². The molecule has 3 nitrogen and oxygen atoms in total. The quantitative estimate of drug-likeness (QED) is 0.409. The van der Waals surface area contributed by atoms with Gasteiger partial charge in [-0.05, 0) is 36.2 Å². The van der Waals surface area contributed by atoms with Gasteiger partial charge in [0.15, 0.2) is 5.11 Å². The maximum atomic E-state index is 5.24. The van der Waals surface area contributed by atoms with Gasteiger partial charge in [0.1, 0.15) is 0 Å². The molecule has 0 bridgehead atoms. The number of hydrazine groups is 1. The number of thiocarbonyl (C=S) groups is 1. The minimum absolute atomic E-state index is 0.436. The van der Waals surface area contributed by atoms with Crippen molar-refractivity contribution in [3.63, 3.8) is 0 Å². The first-order chi connectivity index (χ1) is 7.06. The van der Waals surface area contributed by atoms with Crippen molar-refractivity contribution in [2.24, 2.45) is 5.84 Å². The molecule has 82 valence electrons. The number of hydrogen-bond donors (Lipinski definition) is 3. The molecule has 0 aromatic heterocycles. The van der Waals surface area contributed by atoms with Crippen LogP contribution in [-0.4, -0.2) is 5.11 Å². The highest BCUT2D eigenvalue weighted by atomic mass is 32.1. The molecule has 4 heteroatoms. The number of anilines is 1. The smallest absolute Gasteiger partial charge is 0.185 e. The van der Waals surface area contributed by atoms with Crippen LogP contribution in [0.4, 0.5) is 5.69 Å². The number of nitrogens with one attached hydrogen (secondary N) is 2. The molecule has 0 atom stereocenters. The second-order valence-electron chi connectivity index (χ2n) is 3.79. The van der Waals surface area contributed by atoms with Crippen molar-refractivity contribution in [2.75, 3.05) is 5.32 Å². The molecule has 0 heterocycles. The molecule has 0 aliphatic carbocycles. The third-order valence-electron chi connectivity index (χ3n) is 2.30. The molecule has 0 saturated heterocycles. The molecular formula is C11H17N3S. The molecule has 1 aromatic carbocycles. The molecule has 0 saturated carbocycles. The van der Waals surface area contributed by atoms with E-state index in [0.29, 0.717) is 11.0 Å². The van der Waals surface area contributed by atoms with E-state index in [1.807, 2.05) is 13.0 Å². The van der Waals surface area contributed by atoms with Crippen LogP contribution in [0.2, 0.25) is 0 Å². The van der Waals surface area contributed by atoms with Crippen LogP contribution in [0.3, 0.4) is 0 Å². The fraction of sp³-hybridized carbons (Fsp3) is 0.364. The van der Waals surface area contributed by atoms with E-state index in [-0.39, 0.29) is 0 Å². The molecule has 0 amide bonds. The molecule has 0 aliphatic rings. The zero-order valence-corrected chi connectivity index (χ0v) is 10.1. The Morgan fingerprint density at radius 2 is 2.07 bits per heavy atom. The Labute approximate surface area is 96.0 Å². The highest BCUT2D eigenvalue weighted by Gasteiger charge is 2.09. The van der Waals surface area contributed by atoms with E-state index in [1.54, 1.807) is 0 Å². The van der Waals surface area contributed by atoms with Gasteiger partial charge in [-0.2, -0.15) is 0 Å². The van der Waals surface area contributed by atoms with Crippen LogP contribution in [0, 0.1) is 6.92 Å². The van der Waals surface area contributed by atoms with E-state index >= 15 is 0 Å². The summed E-state index contributed by atoms with van der Waals surface area (Å²) in [5, 5.41) is 3.54. The van der Waals surface area contributed by atoms with Crippen LogP contribution >= 0.6 is 12.2 Å². The number of para-hydroxylation sites is 1. The third-order valence-corrected chi connectivity index (χ3v) is 2.52. The maximum Gasteiger partial charge on any atom is 0.185 e. The fourth-order valence-electron chi connectivity index (χ4n) is 1.49. The third kappa shape index (κ3) is 2.91. The van der Waals surface area contributed by atoms with Crippen LogP contribution < -0.4 is 16.6 Å². The molecular weight excluding hydrogens is 206 g/mol. The second kappa shape index (κ2) is 5.09. The Morgan fingerprint density at radius 1 is 1.40 bits per heavy atom. The molecule has 4 N–H and O–H groups in total. The topological polar surface area (TPSA) is 50.1 Å². The average molecular weight is 223 g/mol. The first-order valence-electron chi connectivity index (χ1n) is 4.93. The average Bonchev–Trinajstić information content (AvgIpc) is 2.20. The molecule has 0 aliphatic heterocycles. The van der Waals surface area contributed by atoms with Crippen molar-refractivity contribution >= 4 is 23.0 Å². The van der Waals surface area contributed by atoms with Gasteiger partial charge in [0.05, 0.1) is 0 Å². The van der Waals surface area contributed by atoms with Crippen molar-refractivity contribution in [1.29, 1.82) is 0 Å². The van der Waals surface area contributed by atoms with Crippen LogP contribution in [0.15, 0.2) is 18.2 Å². The van der Waals surface area contributed by atoms with Crippen LogP contribution in [0.25, 0.3) is 0 Å². The molecule has 0 fully saturated rings. The minimum Gasteiger partial charge on any atom is -0.331 e. The maximum absolute atomic E-state index is 5.24. The van der Waals surface area contributed by atoms with E-state index < -0.39 is 0 Å². The monoisotopic (exact) mass is 223 g/mol. The predicted octanol–water partition coefficient (Wildman–Crippen LogP) is 2.28. The molecule has 0 unspecified atom stereocenters. The summed E-state index contributed by atoms with van der Waals surface area (Å²) in [4.78, 5) is 0. The Kier molecular flexibility index (Phi) is 4.05. The van der Waals surface area contributed by atoms with Gasteiger partial charge in [0, 0.05) is 5.69 Å². The number of rotatable bonds is 2. The molecule has 1 rings (SSSR count).